The van der Waals surface area contributed by atoms with Gasteiger partial charge in [-0.2, -0.15) is 0 Å². The zero-order valence-corrected chi connectivity index (χ0v) is 70.5. The summed E-state index contributed by atoms with van der Waals surface area (Å²) in [5, 5.41) is 10.7. The highest BCUT2D eigenvalue weighted by atomic mass is 31.2. The minimum atomic E-state index is -4.97. The molecule has 0 rings (SSSR count). The molecule has 0 aromatic rings. The number of ether oxygens (including phenoxy) is 4. The summed E-state index contributed by atoms with van der Waals surface area (Å²) in [7, 11) is -9.94. The topological polar surface area (TPSA) is 237 Å². The van der Waals surface area contributed by atoms with E-state index in [-0.39, 0.29) is 25.7 Å². The Labute approximate surface area is 643 Å². The third-order valence-electron chi connectivity index (χ3n) is 20.6. The van der Waals surface area contributed by atoms with Crippen molar-refractivity contribution >= 4 is 39.5 Å². The van der Waals surface area contributed by atoms with Gasteiger partial charge in [0.15, 0.2) is 12.2 Å². The number of aliphatic hydroxyl groups excluding tert-OH is 1. The summed E-state index contributed by atoms with van der Waals surface area (Å²) < 4.78 is 68.8. The van der Waals surface area contributed by atoms with Crippen molar-refractivity contribution in [1.82, 2.24) is 0 Å². The van der Waals surface area contributed by atoms with E-state index >= 15 is 0 Å². The third-order valence-corrected chi connectivity index (χ3v) is 22.5. The van der Waals surface area contributed by atoms with Crippen LogP contribution in [0.25, 0.3) is 0 Å². The summed E-state index contributed by atoms with van der Waals surface area (Å²) in [5.74, 6) is 0.306. The van der Waals surface area contributed by atoms with E-state index < -0.39 is 97.5 Å². The van der Waals surface area contributed by atoms with Gasteiger partial charge in [0.2, 0.25) is 0 Å². The SMILES string of the molecule is CCCCCC/C=C\C=C/CCCCCCCC(=O)OC[C@H](COP(=O)(O)OC[C@@H](O)COP(=O)(O)OC[C@@H](COC(=O)CCCCCCCCC(C)CC)OC(=O)CCCCCCCCCCCCCCCCC(C)CC)OC(=O)CCCCCCCCCCCCCCCCCCCCC(C)CC. The predicted octanol–water partition coefficient (Wildman–Crippen LogP) is 25.6. The molecule has 0 fully saturated rings. The van der Waals surface area contributed by atoms with Crippen molar-refractivity contribution in [3.63, 3.8) is 0 Å². The molecule has 0 aromatic carbocycles. The van der Waals surface area contributed by atoms with Crippen molar-refractivity contribution in [2.75, 3.05) is 39.6 Å². The number of phosphoric ester groups is 2. The Bertz CT molecular complexity index is 2130. The van der Waals surface area contributed by atoms with Gasteiger partial charge in [-0.1, -0.05) is 375 Å². The molecular formula is C86H164O17P2. The zero-order chi connectivity index (χ0) is 77.2. The summed E-state index contributed by atoms with van der Waals surface area (Å²) >= 11 is 0. The Kier molecular flexibility index (Phi) is 73.8. The smallest absolute Gasteiger partial charge is 0.462 e. The summed E-state index contributed by atoms with van der Waals surface area (Å²) in [4.78, 5) is 73.2. The molecule has 0 aliphatic heterocycles. The van der Waals surface area contributed by atoms with E-state index in [9.17, 15) is 43.2 Å². The summed E-state index contributed by atoms with van der Waals surface area (Å²) in [6.45, 7) is 12.0. The molecule has 0 amide bonds. The van der Waals surface area contributed by atoms with Crippen LogP contribution in [0.5, 0.6) is 0 Å². The number of phosphoric acid groups is 2. The van der Waals surface area contributed by atoms with Gasteiger partial charge in [-0.05, 0) is 69.1 Å². The minimum absolute atomic E-state index is 0.101. The van der Waals surface area contributed by atoms with Crippen LogP contribution in [0.2, 0.25) is 0 Å². The van der Waals surface area contributed by atoms with Crippen LogP contribution in [0.3, 0.4) is 0 Å². The van der Waals surface area contributed by atoms with Gasteiger partial charge in [0.05, 0.1) is 26.4 Å². The van der Waals surface area contributed by atoms with E-state index in [2.05, 4.69) is 72.8 Å². The van der Waals surface area contributed by atoms with Crippen molar-refractivity contribution in [2.45, 2.75) is 446 Å². The van der Waals surface area contributed by atoms with Gasteiger partial charge in [-0.15, -0.1) is 0 Å². The highest BCUT2D eigenvalue weighted by molar-refractivity contribution is 7.47. The first-order valence-electron chi connectivity index (χ1n) is 43.8. The molecule has 0 aliphatic rings. The molecule has 0 radical (unpaired) electrons. The normalized spacial score (nSPS) is 14.8. The largest absolute Gasteiger partial charge is 0.472 e. The molecule has 8 atom stereocenters. The number of rotatable bonds is 82. The first kappa shape index (κ1) is 103. The Balaban J connectivity index is 5.25. The lowest BCUT2D eigenvalue weighted by molar-refractivity contribution is -0.161. The number of allylic oxidation sites excluding steroid dienone is 4. The number of hydrogen-bond acceptors (Lipinski definition) is 15. The second kappa shape index (κ2) is 75.6. The second-order valence-corrected chi connectivity index (χ2v) is 33.9. The van der Waals surface area contributed by atoms with Crippen molar-refractivity contribution < 1.29 is 80.2 Å². The fourth-order valence-electron chi connectivity index (χ4n) is 12.7. The van der Waals surface area contributed by atoms with E-state index in [1.807, 2.05) is 0 Å². The Morgan fingerprint density at radius 3 is 0.800 bits per heavy atom. The molecule has 5 unspecified atom stereocenters. The Morgan fingerprint density at radius 1 is 0.305 bits per heavy atom. The highest BCUT2D eigenvalue weighted by Gasteiger charge is 2.30. The van der Waals surface area contributed by atoms with Gasteiger partial charge in [0, 0.05) is 25.7 Å². The summed E-state index contributed by atoms with van der Waals surface area (Å²) in [5.41, 5.74) is 0. The van der Waals surface area contributed by atoms with Crippen LogP contribution in [-0.4, -0.2) is 96.7 Å². The highest BCUT2D eigenvalue weighted by Crippen LogP contribution is 2.45. The molecule has 0 heterocycles. The summed E-state index contributed by atoms with van der Waals surface area (Å²) in [6, 6.07) is 0. The van der Waals surface area contributed by atoms with Crippen molar-refractivity contribution in [3.8, 4) is 0 Å². The predicted molar refractivity (Wildman–Crippen MR) is 432 cm³/mol. The quantitative estimate of drug-likeness (QED) is 0.0169. The molecule has 19 heteroatoms. The van der Waals surface area contributed by atoms with Gasteiger partial charge < -0.3 is 33.8 Å². The minimum Gasteiger partial charge on any atom is -0.462 e. The first-order chi connectivity index (χ1) is 50.8. The van der Waals surface area contributed by atoms with Crippen LogP contribution in [-0.2, 0) is 65.4 Å². The number of unbranched alkanes of at least 4 members (excludes halogenated alkanes) is 44. The number of hydrogen-bond donors (Lipinski definition) is 3. The maximum atomic E-state index is 13.1. The Hall–Kier alpha value is -2.46. The van der Waals surface area contributed by atoms with Crippen molar-refractivity contribution in [2.24, 2.45) is 17.8 Å². The van der Waals surface area contributed by atoms with Crippen molar-refractivity contribution in [3.05, 3.63) is 24.3 Å². The second-order valence-electron chi connectivity index (χ2n) is 31.0. The lowest BCUT2D eigenvalue weighted by atomic mass is 9.99. The number of aliphatic hydroxyl groups is 1. The van der Waals surface area contributed by atoms with Crippen LogP contribution in [0.15, 0.2) is 24.3 Å². The van der Waals surface area contributed by atoms with Gasteiger partial charge in [-0.3, -0.25) is 37.3 Å². The fraction of sp³-hybridized carbons (Fsp3) is 0.907. The van der Waals surface area contributed by atoms with Gasteiger partial charge in [0.1, 0.15) is 19.3 Å². The molecule has 0 aliphatic carbocycles. The van der Waals surface area contributed by atoms with Crippen LogP contribution in [0, 0.1) is 17.8 Å². The van der Waals surface area contributed by atoms with E-state index in [4.69, 9.17) is 37.0 Å². The van der Waals surface area contributed by atoms with Crippen LogP contribution in [0.1, 0.15) is 427 Å². The molecule has 620 valence electrons. The number of carbonyl (C=O) groups is 4. The molecule has 17 nitrogen and oxygen atoms in total. The van der Waals surface area contributed by atoms with Gasteiger partial charge in [0.25, 0.3) is 0 Å². The average Bonchev–Trinajstić information content (AvgIpc) is 0.930. The zero-order valence-electron chi connectivity index (χ0n) is 68.7. The maximum Gasteiger partial charge on any atom is 0.472 e. The lowest BCUT2D eigenvalue weighted by Crippen LogP contribution is -2.30. The molecule has 3 N–H and O–H groups in total. The van der Waals surface area contributed by atoms with E-state index in [1.54, 1.807) is 0 Å². The molecule has 0 saturated heterocycles. The molecule has 0 aromatic heterocycles. The van der Waals surface area contributed by atoms with E-state index in [1.165, 1.54) is 212 Å². The fourth-order valence-corrected chi connectivity index (χ4v) is 14.3. The van der Waals surface area contributed by atoms with Crippen LogP contribution < -0.4 is 0 Å². The van der Waals surface area contributed by atoms with Gasteiger partial charge in [-0.25, -0.2) is 9.13 Å². The van der Waals surface area contributed by atoms with Crippen molar-refractivity contribution in [1.29, 1.82) is 0 Å². The number of carbonyl (C=O) groups excluding carboxylic acids is 4. The molecule has 0 spiro atoms. The monoisotopic (exact) mass is 1530 g/mol. The first-order valence-corrected chi connectivity index (χ1v) is 46.8. The van der Waals surface area contributed by atoms with E-state index in [0.717, 1.165) is 133 Å². The van der Waals surface area contributed by atoms with Gasteiger partial charge >= 0.3 is 39.5 Å². The molecule has 0 saturated carbocycles. The maximum absolute atomic E-state index is 13.1. The average molecular weight is 1530 g/mol. The molecular weight excluding hydrogens is 1370 g/mol. The summed E-state index contributed by atoms with van der Waals surface area (Å²) in [6.07, 6.45) is 68.8. The Morgan fingerprint density at radius 2 is 0.533 bits per heavy atom. The number of esters is 4. The molecule has 0 bridgehead atoms. The standard InChI is InChI=1S/C86H164O17P2/c1-8-12-13-14-15-16-17-18-23-30-35-40-45-53-60-67-83(88)96-73-81(102-85(90)69-62-55-46-41-36-31-25-22-20-19-21-24-28-33-38-43-50-57-64-77(5)9-2)75-100-104(92,93)98-71-80(87)72-99-105(94,95)101-76-82(74-97-84(89)68-61-54-49-48-52-59-66-79(7)11-4)103-86(91)70-63-56-47-42-37-32-27-26-29-34-39-44-51-58-65-78(6)10-3/h16-18,23,77-82,87H,8-15,19-22,24-76H2,1-7H3,(H,92,93)(H,94,95)/b17-16-,23-18-/t77?,78?,79?,80-,81-,82-/m1/s1. The molecule has 105 heavy (non-hydrogen) atoms. The third kappa shape index (κ3) is 75.4. The van der Waals surface area contributed by atoms with E-state index in [0.29, 0.717) is 25.7 Å². The lowest BCUT2D eigenvalue weighted by Gasteiger charge is -2.21. The van der Waals surface area contributed by atoms with Crippen LogP contribution in [0.4, 0.5) is 0 Å². The van der Waals surface area contributed by atoms with Crippen LogP contribution >= 0.6 is 15.6 Å².